The molecular formula is C12H24Br3KO6. The molecule has 0 atom stereocenters. The maximum absolute atomic E-state index is 5.33. The van der Waals surface area contributed by atoms with Crippen molar-refractivity contribution in [3.05, 3.63) is 0 Å². The van der Waals surface area contributed by atoms with Crippen molar-refractivity contribution in [3.8, 4) is 0 Å². The summed E-state index contributed by atoms with van der Waals surface area (Å²) < 4.78 is 32.0. The second-order valence-corrected chi connectivity index (χ2v) is 3.67. The average Bonchev–Trinajstić information content (AvgIpc) is 2.49. The molecule has 0 aromatic rings. The molecule has 0 aliphatic carbocycles. The molecule has 1 fully saturated rings. The van der Waals surface area contributed by atoms with Crippen molar-refractivity contribution in [2.75, 3.05) is 79.3 Å². The van der Waals surface area contributed by atoms with Crippen LogP contribution >= 0.6 is 28.3 Å². The number of rotatable bonds is 0. The smallest absolute Gasteiger partial charge is 1.00 e. The molecule has 0 aromatic carbocycles. The van der Waals surface area contributed by atoms with Crippen LogP contribution in [0.3, 0.4) is 0 Å². The molecule has 1 heterocycles. The summed E-state index contributed by atoms with van der Waals surface area (Å²) in [5.74, 6) is 0. The molecule has 1 aliphatic rings. The summed E-state index contributed by atoms with van der Waals surface area (Å²) in [4.78, 5) is 0. The molecular weight excluding hydrogens is 519 g/mol. The van der Waals surface area contributed by atoms with Gasteiger partial charge in [-0.15, -0.1) is 0 Å². The number of hydrogen-bond donors (Lipinski definition) is 0. The van der Waals surface area contributed by atoms with Gasteiger partial charge in [0.2, 0.25) is 0 Å². The van der Waals surface area contributed by atoms with E-state index in [2.05, 4.69) is 28.3 Å². The first-order valence-electron chi connectivity index (χ1n) is 6.61. The van der Waals surface area contributed by atoms with Gasteiger partial charge >= 0.3 is 51.4 Å². The van der Waals surface area contributed by atoms with Gasteiger partial charge in [0.25, 0.3) is 0 Å². The van der Waals surface area contributed by atoms with Gasteiger partial charge in [-0.05, 0) is 0 Å². The van der Waals surface area contributed by atoms with Crippen LogP contribution in [-0.2, 0) is 28.4 Å². The summed E-state index contributed by atoms with van der Waals surface area (Å²) in [5, 5.41) is 0. The van der Waals surface area contributed by atoms with Crippen LogP contribution in [0.5, 0.6) is 0 Å². The Kier molecular flexibility index (Phi) is 38.5. The van der Waals surface area contributed by atoms with E-state index in [1.165, 1.54) is 0 Å². The molecule has 0 radical (unpaired) electrons. The second kappa shape index (κ2) is 28.6. The molecule has 0 N–H and O–H groups in total. The predicted octanol–water partition coefficient (Wildman–Crippen LogP) is -4.20. The zero-order valence-corrected chi connectivity index (χ0v) is 20.9. The number of halogens is 3. The predicted molar refractivity (Wildman–Crippen MR) is 82.8 cm³/mol. The summed E-state index contributed by atoms with van der Waals surface area (Å²) >= 11 is 5.50. The van der Waals surface area contributed by atoms with Gasteiger partial charge in [0.15, 0.2) is 0 Å². The summed E-state index contributed by atoms with van der Waals surface area (Å²) in [7, 11) is 0. The van der Waals surface area contributed by atoms with Gasteiger partial charge < -0.3 is 45.4 Å². The fraction of sp³-hybridized carbons (Fsp3) is 1.00. The van der Waals surface area contributed by atoms with Crippen LogP contribution in [0.2, 0.25) is 0 Å². The molecule has 22 heavy (non-hydrogen) atoms. The van der Waals surface area contributed by atoms with Crippen molar-refractivity contribution < 1.29 is 96.8 Å². The van der Waals surface area contributed by atoms with Crippen LogP contribution in [0.25, 0.3) is 0 Å². The zero-order valence-electron chi connectivity index (χ0n) is 13.1. The molecule has 0 saturated carbocycles. The fourth-order valence-corrected chi connectivity index (χ4v) is 1.32. The van der Waals surface area contributed by atoms with Crippen molar-refractivity contribution in [1.82, 2.24) is 0 Å². The van der Waals surface area contributed by atoms with Gasteiger partial charge in [-0.3, -0.25) is 0 Å². The van der Waals surface area contributed by atoms with Crippen molar-refractivity contribution in [3.63, 3.8) is 0 Å². The van der Waals surface area contributed by atoms with Crippen LogP contribution in [0.4, 0.5) is 0 Å². The third kappa shape index (κ3) is 25.1. The Morgan fingerprint density at radius 1 is 0.364 bits per heavy atom. The van der Waals surface area contributed by atoms with E-state index in [4.69, 9.17) is 28.4 Å². The van der Waals surface area contributed by atoms with Crippen molar-refractivity contribution in [1.29, 1.82) is 0 Å². The molecule has 1 saturated heterocycles. The first-order valence-corrected chi connectivity index (χ1v) is 10.3. The molecule has 0 spiro atoms. The van der Waals surface area contributed by atoms with E-state index in [1.54, 1.807) is 0 Å². The Labute approximate surface area is 201 Å². The van der Waals surface area contributed by atoms with E-state index in [0.717, 1.165) is 0 Å². The number of hydrogen-bond acceptors (Lipinski definition) is 6. The standard InChI is InChI=1S/C12H24O6.Br2.BrH.K/c1-2-14-5-6-16-9-10-18-12-11-17-8-7-15-4-3-13-1;1-2;;/h1-12H2;;1H;/q;;;+1/p-1. The quantitative estimate of drug-likeness (QED) is 0.289. The third-order valence-corrected chi connectivity index (χ3v) is 2.23. The first-order chi connectivity index (χ1) is 10.0. The van der Waals surface area contributed by atoms with E-state index in [1.807, 2.05) is 0 Å². The van der Waals surface area contributed by atoms with Gasteiger partial charge in [-0.2, -0.15) is 0 Å². The maximum Gasteiger partial charge on any atom is 1.00 e. The third-order valence-electron chi connectivity index (χ3n) is 2.23. The summed E-state index contributed by atoms with van der Waals surface area (Å²) in [6.45, 7) is 7.04. The number of ether oxygens (including phenoxy) is 6. The molecule has 130 valence electrons. The van der Waals surface area contributed by atoms with E-state index in [-0.39, 0.29) is 68.4 Å². The largest absolute Gasteiger partial charge is 1.00 e. The van der Waals surface area contributed by atoms with E-state index >= 15 is 0 Å². The van der Waals surface area contributed by atoms with Crippen molar-refractivity contribution in [2.45, 2.75) is 0 Å². The van der Waals surface area contributed by atoms with Gasteiger partial charge in [0.05, 0.1) is 79.3 Å². The zero-order chi connectivity index (χ0) is 14.7. The molecule has 1 rings (SSSR count). The van der Waals surface area contributed by atoms with Gasteiger partial charge in [0, 0.05) is 28.3 Å². The van der Waals surface area contributed by atoms with Crippen LogP contribution in [0.15, 0.2) is 0 Å². The minimum absolute atomic E-state index is 0. The topological polar surface area (TPSA) is 55.4 Å². The molecule has 0 bridgehead atoms. The van der Waals surface area contributed by atoms with Crippen molar-refractivity contribution in [2.24, 2.45) is 0 Å². The average molecular weight is 543 g/mol. The van der Waals surface area contributed by atoms with Gasteiger partial charge in [-0.25, -0.2) is 0 Å². The normalized spacial score (nSPS) is 19.9. The van der Waals surface area contributed by atoms with Gasteiger partial charge in [0.1, 0.15) is 0 Å². The van der Waals surface area contributed by atoms with E-state index in [9.17, 15) is 0 Å². The van der Waals surface area contributed by atoms with Gasteiger partial charge in [-0.1, -0.05) is 0 Å². The van der Waals surface area contributed by atoms with E-state index < -0.39 is 0 Å². The fourth-order valence-electron chi connectivity index (χ4n) is 1.32. The Morgan fingerprint density at radius 3 is 0.545 bits per heavy atom. The maximum atomic E-state index is 5.33. The summed E-state index contributed by atoms with van der Waals surface area (Å²) in [6.07, 6.45) is 0. The SMILES string of the molecule is BrBr.C1COCCOCCOCCOCCOCCO1.[Br-].[K+]. The van der Waals surface area contributed by atoms with Crippen LogP contribution in [0.1, 0.15) is 0 Å². The molecule has 6 nitrogen and oxygen atoms in total. The summed E-state index contributed by atoms with van der Waals surface area (Å²) in [6, 6.07) is 0. The molecule has 10 heteroatoms. The van der Waals surface area contributed by atoms with E-state index in [0.29, 0.717) is 79.3 Å². The Balaban J connectivity index is -0.000000864. The minimum atomic E-state index is 0. The molecule has 0 unspecified atom stereocenters. The Morgan fingerprint density at radius 2 is 0.455 bits per heavy atom. The van der Waals surface area contributed by atoms with Crippen LogP contribution in [-0.4, -0.2) is 79.3 Å². The first kappa shape index (κ1) is 29.6. The molecule has 0 aromatic heterocycles. The van der Waals surface area contributed by atoms with Crippen LogP contribution < -0.4 is 68.4 Å². The monoisotopic (exact) mass is 540 g/mol. The van der Waals surface area contributed by atoms with Crippen LogP contribution in [0, 0.1) is 0 Å². The Bertz CT molecular complexity index is 110. The molecule has 1 aliphatic heterocycles. The van der Waals surface area contributed by atoms with Crippen molar-refractivity contribution >= 4 is 28.3 Å². The molecule has 0 amide bonds. The Hall–Kier alpha value is 2.84. The summed E-state index contributed by atoms with van der Waals surface area (Å²) in [5.41, 5.74) is 0. The second-order valence-electron chi connectivity index (χ2n) is 3.67. The minimum Gasteiger partial charge on any atom is -1.00 e.